The molecule has 3 rings (SSSR count). The lowest BCUT2D eigenvalue weighted by atomic mass is 10.0. The summed E-state index contributed by atoms with van der Waals surface area (Å²) in [6.45, 7) is 2.07. The quantitative estimate of drug-likeness (QED) is 0.764. The van der Waals surface area contributed by atoms with Crippen molar-refractivity contribution < 1.29 is 0 Å². The van der Waals surface area contributed by atoms with Crippen molar-refractivity contribution in [2.24, 2.45) is 7.05 Å². The lowest BCUT2D eigenvalue weighted by Gasteiger charge is -2.03. The zero-order valence-electron chi connectivity index (χ0n) is 11.2. The van der Waals surface area contributed by atoms with Crippen LogP contribution >= 0.6 is 22.9 Å². The molecule has 0 amide bonds. The molecule has 2 heterocycles. The van der Waals surface area contributed by atoms with Crippen LogP contribution in [0, 0.1) is 6.92 Å². The standard InChI is InChI=1S/C15H14ClN3S/c1-9-3-5-10(6-4-9)13-14(18-19(2)15(13)17)11-7-8-12(16)20-11/h3-8H,17H2,1-2H3. The van der Waals surface area contributed by atoms with Gasteiger partial charge in [-0.05, 0) is 24.6 Å². The molecule has 3 nitrogen and oxygen atoms in total. The number of aryl methyl sites for hydroxylation is 2. The summed E-state index contributed by atoms with van der Waals surface area (Å²) >= 11 is 7.54. The molecule has 102 valence electrons. The van der Waals surface area contributed by atoms with E-state index in [1.54, 1.807) is 4.68 Å². The number of rotatable bonds is 2. The number of thiophene rings is 1. The van der Waals surface area contributed by atoms with Crippen molar-refractivity contribution in [2.75, 3.05) is 5.73 Å². The second-order valence-corrected chi connectivity index (χ2v) is 6.42. The molecule has 20 heavy (non-hydrogen) atoms. The van der Waals surface area contributed by atoms with Crippen LogP contribution in [0.25, 0.3) is 21.7 Å². The van der Waals surface area contributed by atoms with Gasteiger partial charge in [-0.1, -0.05) is 41.4 Å². The van der Waals surface area contributed by atoms with E-state index in [4.69, 9.17) is 17.3 Å². The maximum atomic E-state index is 6.19. The van der Waals surface area contributed by atoms with Crippen molar-refractivity contribution in [3.63, 3.8) is 0 Å². The van der Waals surface area contributed by atoms with Gasteiger partial charge in [0.05, 0.1) is 14.8 Å². The van der Waals surface area contributed by atoms with Crippen molar-refractivity contribution in [3.8, 4) is 21.7 Å². The monoisotopic (exact) mass is 303 g/mol. The predicted molar refractivity (Wildman–Crippen MR) is 86.1 cm³/mol. The van der Waals surface area contributed by atoms with Gasteiger partial charge in [-0.2, -0.15) is 5.10 Å². The Morgan fingerprint density at radius 2 is 1.85 bits per heavy atom. The van der Waals surface area contributed by atoms with Gasteiger partial charge < -0.3 is 5.73 Å². The molecule has 0 radical (unpaired) electrons. The first kappa shape index (κ1) is 13.2. The largest absolute Gasteiger partial charge is 0.383 e. The third kappa shape index (κ3) is 2.21. The number of halogens is 1. The highest BCUT2D eigenvalue weighted by Gasteiger charge is 2.18. The lowest BCUT2D eigenvalue weighted by molar-refractivity contribution is 0.783. The summed E-state index contributed by atoms with van der Waals surface area (Å²) in [5.41, 5.74) is 10.3. The van der Waals surface area contributed by atoms with Crippen LogP contribution in [0.5, 0.6) is 0 Å². The average molecular weight is 304 g/mol. The molecule has 0 unspecified atom stereocenters. The molecule has 0 spiro atoms. The van der Waals surface area contributed by atoms with E-state index in [-0.39, 0.29) is 0 Å². The SMILES string of the molecule is Cc1ccc(-c2c(-c3ccc(Cl)s3)nn(C)c2N)cc1. The molecule has 0 saturated heterocycles. The van der Waals surface area contributed by atoms with Crippen molar-refractivity contribution >= 4 is 28.8 Å². The molecule has 0 aliphatic carbocycles. The molecule has 0 bridgehead atoms. The fraction of sp³-hybridized carbons (Fsp3) is 0.133. The molecule has 0 atom stereocenters. The maximum absolute atomic E-state index is 6.19. The Kier molecular flexibility index (Phi) is 3.28. The van der Waals surface area contributed by atoms with Gasteiger partial charge in [-0.25, -0.2) is 0 Å². The minimum Gasteiger partial charge on any atom is -0.383 e. The highest BCUT2D eigenvalue weighted by Crippen LogP contribution is 2.39. The summed E-state index contributed by atoms with van der Waals surface area (Å²) in [5.74, 6) is 0.661. The Labute approximate surface area is 126 Å². The summed E-state index contributed by atoms with van der Waals surface area (Å²) in [4.78, 5) is 1.03. The number of nitrogens with two attached hydrogens (primary N) is 1. The third-order valence-corrected chi connectivity index (χ3v) is 4.48. The number of nitrogen functional groups attached to an aromatic ring is 1. The second-order valence-electron chi connectivity index (χ2n) is 4.70. The molecular weight excluding hydrogens is 290 g/mol. The Balaban J connectivity index is 2.21. The Morgan fingerprint density at radius 3 is 2.45 bits per heavy atom. The Bertz CT molecular complexity index is 756. The number of nitrogens with zero attached hydrogens (tertiary/aromatic N) is 2. The molecule has 0 fully saturated rings. The zero-order valence-corrected chi connectivity index (χ0v) is 12.8. The van der Waals surface area contributed by atoms with Gasteiger partial charge >= 0.3 is 0 Å². The van der Waals surface area contributed by atoms with Crippen LogP contribution in [0.15, 0.2) is 36.4 Å². The van der Waals surface area contributed by atoms with Gasteiger partial charge in [0.15, 0.2) is 0 Å². The smallest absolute Gasteiger partial charge is 0.129 e. The van der Waals surface area contributed by atoms with E-state index in [2.05, 4.69) is 36.3 Å². The van der Waals surface area contributed by atoms with Crippen molar-refractivity contribution in [1.29, 1.82) is 0 Å². The van der Waals surface area contributed by atoms with Crippen LogP contribution in [0.3, 0.4) is 0 Å². The minimum atomic E-state index is 0.661. The van der Waals surface area contributed by atoms with E-state index in [0.29, 0.717) is 5.82 Å². The predicted octanol–water partition coefficient (Wildman–Crippen LogP) is 4.36. The summed E-state index contributed by atoms with van der Waals surface area (Å²) in [6, 6.07) is 12.2. The first-order chi connectivity index (χ1) is 9.56. The molecular formula is C15H14ClN3S. The summed E-state index contributed by atoms with van der Waals surface area (Å²) in [7, 11) is 1.85. The molecule has 5 heteroatoms. The van der Waals surface area contributed by atoms with E-state index >= 15 is 0 Å². The molecule has 0 aliphatic heterocycles. The van der Waals surface area contributed by atoms with Gasteiger partial charge in [-0.15, -0.1) is 11.3 Å². The molecule has 0 aliphatic rings. The molecule has 2 N–H and O–H groups in total. The highest BCUT2D eigenvalue weighted by molar-refractivity contribution is 7.19. The topological polar surface area (TPSA) is 43.8 Å². The summed E-state index contributed by atoms with van der Waals surface area (Å²) in [5, 5.41) is 4.54. The first-order valence-electron chi connectivity index (χ1n) is 6.21. The number of aromatic nitrogens is 2. The number of anilines is 1. The van der Waals surface area contributed by atoms with Crippen LogP contribution < -0.4 is 5.73 Å². The van der Waals surface area contributed by atoms with E-state index in [9.17, 15) is 0 Å². The second kappa shape index (κ2) is 4.96. The molecule has 3 aromatic rings. The number of hydrogen-bond donors (Lipinski definition) is 1. The summed E-state index contributed by atoms with van der Waals surface area (Å²) in [6.07, 6.45) is 0. The van der Waals surface area contributed by atoms with Crippen LogP contribution in [0.2, 0.25) is 4.34 Å². The maximum Gasteiger partial charge on any atom is 0.129 e. The van der Waals surface area contributed by atoms with Crippen molar-refractivity contribution in [2.45, 2.75) is 6.92 Å². The fourth-order valence-corrected chi connectivity index (χ4v) is 3.19. The van der Waals surface area contributed by atoms with E-state index in [1.165, 1.54) is 16.9 Å². The van der Waals surface area contributed by atoms with Crippen molar-refractivity contribution in [1.82, 2.24) is 9.78 Å². The average Bonchev–Trinajstić information content (AvgIpc) is 2.97. The first-order valence-corrected chi connectivity index (χ1v) is 7.41. The number of benzene rings is 1. The van der Waals surface area contributed by atoms with Gasteiger partial charge in [0.25, 0.3) is 0 Å². The Morgan fingerprint density at radius 1 is 1.15 bits per heavy atom. The summed E-state index contributed by atoms with van der Waals surface area (Å²) < 4.78 is 2.46. The Hall–Kier alpha value is -1.78. The number of hydrogen-bond acceptors (Lipinski definition) is 3. The zero-order chi connectivity index (χ0) is 14.3. The fourth-order valence-electron chi connectivity index (χ4n) is 2.16. The van der Waals surface area contributed by atoms with Crippen LogP contribution in [-0.4, -0.2) is 9.78 Å². The van der Waals surface area contributed by atoms with Crippen LogP contribution in [0.4, 0.5) is 5.82 Å². The minimum absolute atomic E-state index is 0.661. The molecule has 2 aromatic heterocycles. The normalized spacial score (nSPS) is 10.9. The third-order valence-electron chi connectivity index (χ3n) is 3.24. The van der Waals surface area contributed by atoms with E-state index < -0.39 is 0 Å². The van der Waals surface area contributed by atoms with Crippen LogP contribution in [0.1, 0.15) is 5.56 Å². The van der Waals surface area contributed by atoms with Gasteiger partial charge in [0.1, 0.15) is 11.5 Å². The van der Waals surface area contributed by atoms with Crippen LogP contribution in [-0.2, 0) is 7.05 Å². The molecule has 1 aromatic carbocycles. The van der Waals surface area contributed by atoms with E-state index in [0.717, 1.165) is 26.0 Å². The lowest BCUT2D eigenvalue weighted by Crippen LogP contribution is -1.97. The van der Waals surface area contributed by atoms with E-state index in [1.807, 2.05) is 19.2 Å². The van der Waals surface area contributed by atoms with Crippen molar-refractivity contribution in [3.05, 3.63) is 46.3 Å². The van der Waals surface area contributed by atoms with Gasteiger partial charge in [0, 0.05) is 7.05 Å². The highest BCUT2D eigenvalue weighted by atomic mass is 35.5. The van der Waals surface area contributed by atoms with Gasteiger partial charge in [0.2, 0.25) is 0 Å². The molecule has 0 saturated carbocycles. The van der Waals surface area contributed by atoms with Gasteiger partial charge in [-0.3, -0.25) is 4.68 Å².